The second kappa shape index (κ2) is 6.58. The Morgan fingerprint density at radius 3 is 2.62 bits per heavy atom. The number of halogens is 1. The van der Waals surface area contributed by atoms with Gasteiger partial charge in [0.05, 0.1) is 23.4 Å². The minimum Gasteiger partial charge on any atom is -0.462 e. The summed E-state index contributed by atoms with van der Waals surface area (Å²) in [6, 6.07) is 4.92. The fourth-order valence-corrected chi connectivity index (χ4v) is 2.92. The molecule has 0 atom stereocenters. The fourth-order valence-electron chi connectivity index (χ4n) is 2.44. The monoisotopic (exact) mass is 354 g/mol. The summed E-state index contributed by atoms with van der Waals surface area (Å²) in [5, 5.41) is 2.83. The molecule has 1 amide bonds. The molecule has 2 rings (SSSR count). The summed E-state index contributed by atoms with van der Waals surface area (Å²) in [6.45, 7) is 2.08. The van der Waals surface area contributed by atoms with Gasteiger partial charge in [-0.05, 0) is 53.9 Å². The van der Waals surface area contributed by atoms with Crippen molar-refractivity contribution in [2.45, 2.75) is 38.1 Å². The lowest BCUT2D eigenvalue weighted by molar-refractivity contribution is -0.121. The van der Waals surface area contributed by atoms with E-state index in [9.17, 15) is 9.59 Å². The number of benzene rings is 1. The van der Waals surface area contributed by atoms with E-state index in [1.165, 1.54) is 0 Å². The fraction of sp³-hybridized carbons (Fsp3) is 0.467. The van der Waals surface area contributed by atoms with Crippen molar-refractivity contribution in [3.8, 4) is 0 Å². The van der Waals surface area contributed by atoms with Crippen LogP contribution in [0.5, 0.6) is 0 Å². The van der Waals surface area contributed by atoms with Crippen LogP contribution in [-0.4, -0.2) is 24.0 Å². The van der Waals surface area contributed by atoms with Crippen molar-refractivity contribution >= 4 is 33.5 Å². The third kappa shape index (κ3) is 3.63. The van der Waals surface area contributed by atoms with Gasteiger partial charge in [-0.15, -0.1) is 0 Å². The zero-order valence-corrected chi connectivity index (χ0v) is 13.5. The molecule has 1 aromatic rings. The lowest BCUT2D eigenvalue weighted by Gasteiger charge is -2.22. The van der Waals surface area contributed by atoms with E-state index in [-0.39, 0.29) is 11.9 Å². The number of nitrogens with one attached hydrogen (secondary N) is 1. The Labute approximate surface area is 132 Å². The van der Waals surface area contributed by atoms with Gasteiger partial charge >= 0.3 is 5.97 Å². The summed E-state index contributed by atoms with van der Waals surface area (Å²) in [7, 11) is 0. The predicted octanol–water partition coefficient (Wildman–Crippen LogP) is 2.84. The number of anilines is 1. The predicted molar refractivity (Wildman–Crippen MR) is 84.1 cm³/mol. The topological polar surface area (TPSA) is 81.4 Å². The Bertz CT molecular complexity index is 554. The molecule has 3 N–H and O–H groups in total. The van der Waals surface area contributed by atoms with Crippen molar-refractivity contribution < 1.29 is 14.3 Å². The second-order valence-corrected chi connectivity index (χ2v) is 6.09. The van der Waals surface area contributed by atoms with E-state index >= 15 is 0 Å². The summed E-state index contributed by atoms with van der Waals surface area (Å²) in [4.78, 5) is 23.9. The molecule has 5 nitrogen and oxygen atoms in total. The molecule has 21 heavy (non-hydrogen) atoms. The number of nitrogens with two attached hydrogens (primary N) is 1. The van der Waals surface area contributed by atoms with Crippen molar-refractivity contribution in [1.82, 2.24) is 0 Å². The number of amides is 1. The Kier molecular flexibility index (Phi) is 5.00. The molecule has 0 radical (unpaired) electrons. The van der Waals surface area contributed by atoms with Crippen LogP contribution in [0.4, 0.5) is 5.69 Å². The molecule has 1 fully saturated rings. The summed E-state index contributed by atoms with van der Waals surface area (Å²) >= 11 is 3.36. The van der Waals surface area contributed by atoms with Crippen LogP contribution in [0.2, 0.25) is 0 Å². The van der Waals surface area contributed by atoms with E-state index in [0.717, 1.165) is 12.8 Å². The highest BCUT2D eigenvalue weighted by molar-refractivity contribution is 9.10. The molecule has 1 saturated carbocycles. The average molecular weight is 355 g/mol. The molecule has 1 aliphatic rings. The molecule has 1 aromatic carbocycles. The van der Waals surface area contributed by atoms with Gasteiger partial charge in [0.2, 0.25) is 5.91 Å². The standard InChI is InChI=1S/C15H19BrN2O3/c1-2-21-13(19)10-5-6-12(11(16)9-10)18-14(20)15(17)7-3-4-8-15/h5-6,9H,2-4,7-8,17H2,1H3,(H,18,20). The van der Waals surface area contributed by atoms with Crippen LogP contribution in [0, 0.1) is 0 Å². The van der Waals surface area contributed by atoms with Crippen LogP contribution in [0.3, 0.4) is 0 Å². The van der Waals surface area contributed by atoms with E-state index in [1.807, 2.05) is 0 Å². The zero-order chi connectivity index (χ0) is 15.5. The number of hydrogen-bond acceptors (Lipinski definition) is 4. The summed E-state index contributed by atoms with van der Waals surface area (Å²) in [5.74, 6) is -0.563. The van der Waals surface area contributed by atoms with Crippen LogP contribution in [0.15, 0.2) is 22.7 Å². The maximum Gasteiger partial charge on any atom is 0.338 e. The second-order valence-electron chi connectivity index (χ2n) is 5.23. The molecule has 0 aromatic heterocycles. The lowest BCUT2D eigenvalue weighted by Crippen LogP contribution is -2.48. The van der Waals surface area contributed by atoms with Gasteiger partial charge in [0.15, 0.2) is 0 Å². The Balaban J connectivity index is 2.11. The number of ether oxygens (including phenoxy) is 1. The van der Waals surface area contributed by atoms with Crippen LogP contribution < -0.4 is 11.1 Å². The smallest absolute Gasteiger partial charge is 0.338 e. The highest BCUT2D eigenvalue weighted by atomic mass is 79.9. The molecule has 0 aliphatic heterocycles. The first-order chi connectivity index (χ1) is 9.96. The number of esters is 1. The molecule has 0 heterocycles. The molecular weight excluding hydrogens is 336 g/mol. The summed E-state index contributed by atoms with van der Waals surface area (Å²) in [5.41, 5.74) is 6.38. The van der Waals surface area contributed by atoms with Crippen LogP contribution in [-0.2, 0) is 9.53 Å². The highest BCUT2D eigenvalue weighted by Gasteiger charge is 2.37. The van der Waals surface area contributed by atoms with Crippen molar-refractivity contribution in [2.75, 3.05) is 11.9 Å². The van der Waals surface area contributed by atoms with Crippen LogP contribution >= 0.6 is 15.9 Å². The van der Waals surface area contributed by atoms with Gasteiger partial charge in [-0.3, -0.25) is 4.79 Å². The van der Waals surface area contributed by atoms with Crippen molar-refractivity contribution in [1.29, 1.82) is 0 Å². The SMILES string of the molecule is CCOC(=O)c1ccc(NC(=O)C2(N)CCCC2)c(Br)c1. The minimum atomic E-state index is -0.779. The minimum absolute atomic E-state index is 0.176. The summed E-state index contributed by atoms with van der Waals surface area (Å²) < 4.78 is 5.56. The maximum absolute atomic E-state index is 12.3. The van der Waals surface area contributed by atoms with Gasteiger partial charge in [-0.2, -0.15) is 0 Å². The van der Waals surface area contributed by atoms with Crippen molar-refractivity contribution in [3.05, 3.63) is 28.2 Å². The lowest BCUT2D eigenvalue weighted by atomic mass is 9.98. The van der Waals surface area contributed by atoms with E-state index in [2.05, 4.69) is 21.2 Å². The molecule has 114 valence electrons. The third-order valence-corrected chi connectivity index (χ3v) is 4.33. The molecule has 6 heteroatoms. The molecule has 0 unspecified atom stereocenters. The Hall–Kier alpha value is -1.40. The number of hydrogen-bond donors (Lipinski definition) is 2. The Morgan fingerprint density at radius 2 is 2.05 bits per heavy atom. The van der Waals surface area contributed by atoms with Gasteiger partial charge < -0.3 is 15.8 Å². The first-order valence-corrected chi connectivity index (χ1v) is 7.82. The molecule has 0 spiro atoms. The van der Waals surface area contributed by atoms with Gasteiger partial charge in [0, 0.05) is 4.47 Å². The highest BCUT2D eigenvalue weighted by Crippen LogP contribution is 2.30. The zero-order valence-electron chi connectivity index (χ0n) is 11.9. The molecule has 1 aliphatic carbocycles. The van der Waals surface area contributed by atoms with E-state index in [4.69, 9.17) is 10.5 Å². The van der Waals surface area contributed by atoms with Gasteiger partial charge in [-0.1, -0.05) is 12.8 Å². The molecular formula is C15H19BrN2O3. The van der Waals surface area contributed by atoms with Crippen LogP contribution in [0.1, 0.15) is 43.0 Å². The third-order valence-electron chi connectivity index (χ3n) is 3.68. The summed E-state index contributed by atoms with van der Waals surface area (Å²) in [6.07, 6.45) is 3.37. The van der Waals surface area contributed by atoms with Gasteiger partial charge in [-0.25, -0.2) is 4.79 Å². The molecule has 0 bridgehead atoms. The van der Waals surface area contributed by atoms with E-state index < -0.39 is 5.54 Å². The van der Waals surface area contributed by atoms with Crippen LogP contribution in [0.25, 0.3) is 0 Å². The Morgan fingerprint density at radius 1 is 1.38 bits per heavy atom. The quantitative estimate of drug-likeness (QED) is 0.814. The average Bonchev–Trinajstić information content (AvgIpc) is 2.89. The number of carbonyl (C=O) groups is 2. The van der Waals surface area contributed by atoms with Crippen molar-refractivity contribution in [2.24, 2.45) is 5.73 Å². The number of carbonyl (C=O) groups excluding carboxylic acids is 2. The van der Waals surface area contributed by atoms with Crippen molar-refractivity contribution in [3.63, 3.8) is 0 Å². The molecule has 0 saturated heterocycles. The van der Waals surface area contributed by atoms with Gasteiger partial charge in [0.25, 0.3) is 0 Å². The van der Waals surface area contributed by atoms with E-state index in [0.29, 0.717) is 35.2 Å². The maximum atomic E-state index is 12.3. The number of rotatable bonds is 4. The van der Waals surface area contributed by atoms with Gasteiger partial charge in [0.1, 0.15) is 0 Å². The normalized spacial score (nSPS) is 16.5. The first-order valence-electron chi connectivity index (χ1n) is 7.03. The van der Waals surface area contributed by atoms with E-state index in [1.54, 1.807) is 25.1 Å². The largest absolute Gasteiger partial charge is 0.462 e. The first kappa shape index (κ1) is 16.0.